The van der Waals surface area contributed by atoms with Gasteiger partial charge in [0.25, 0.3) is 0 Å². The first kappa shape index (κ1) is 16.7. The minimum atomic E-state index is 0.510. The Hall–Kier alpha value is -3.20. The Bertz CT molecular complexity index is 852. The fourth-order valence-corrected chi connectivity index (χ4v) is 2.86. The van der Waals surface area contributed by atoms with Gasteiger partial charge < -0.3 is 5.21 Å². The largest absolute Gasteiger partial charge is 0.410 e. The molecule has 0 fully saturated rings. The number of allylic oxidation sites excluding steroid dienone is 1. The number of nitrogens with zero attached hydrogens (tertiary/aromatic N) is 2. The van der Waals surface area contributed by atoms with Crippen LogP contribution in [0.5, 0.6) is 0 Å². The van der Waals surface area contributed by atoms with E-state index in [-0.39, 0.29) is 0 Å². The summed E-state index contributed by atoms with van der Waals surface area (Å²) >= 11 is 0. The molecule has 3 nitrogen and oxygen atoms in total. The van der Waals surface area contributed by atoms with Crippen LogP contribution < -0.4 is 0 Å². The van der Waals surface area contributed by atoms with Crippen LogP contribution in [0, 0.1) is 13.8 Å². The normalized spacial score (nSPS) is 11.2. The Morgan fingerprint density at radius 3 is 1.72 bits per heavy atom. The van der Waals surface area contributed by atoms with E-state index in [1.807, 2.05) is 68.5 Å². The maximum absolute atomic E-state index is 9.63. The number of benzene rings is 2. The van der Waals surface area contributed by atoms with Gasteiger partial charge in [-0.25, -0.2) is 0 Å². The van der Waals surface area contributed by atoms with Crippen LogP contribution in [-0.2, 0) is 0 Å². The van der Waals surface area contributed by atoms with Crippen LogP contribution in [0.4, 0.5) is 0 Å². The number of rotatable bonds is 4. The summed E-state index contributed by atoms with van der Waals surface area (Å²) in [6.07, 6.45) is 1.92. The lowest BCUT2D eigenvalue weighted by molar-refractivity contribution is 0.320. The molecule has 2 aromatic carbocycles. The highest BCUT2D eigenvalue weighted by Crippen LogP contribution is 2.24. The molecule has 0 atom stereocenters. The van der Waals surface area contributed by atoms with Crippen LogP contribution in [0.15, 0.2) is 84.0 Å². The van der Waals surface area contributed by atoms with Crippen molar-refractivity contribution in [2.45, 2.75) is 13.8 Å². The molecule has 3 heteroatoms. The molecule has 3 aromatic rings. The highest BCUT2D eigenvalue weighted by molar-refractivity contribution is 6.13. The molecule has 0 bridgehead atoms. The Labute approximate surface area is 148 Å². The second-order valence-corrected chi connectivity index (χ2v) is 5.91. The summed E-state index contributed by atoms with van der Waals surface area (Å²) in [5, 5.41) is 13.2. The first-order valence-electron chi connectivity index (χ1n) is 8.17. The molecule has 124 valence electrons. The SMILES string of the molecule is Cc1cc(C(C=C(c2ccccc2)c2ccccc2)=NO)cc(C)n1. The Balaban J connectivity index is 2.14. The lowest BCUT2D eigenvalue weighted by Crippen LogP contribution is -2.02. The van der Waals surface area contributed by atoms with Gasteiger partial charge in [0, 0.05) is 17.0 Å². The maximum Gasteiger partial charge on any atom is 0.110 e. The van der Waals surface area contributed by atoms with Gasteiger partial charge in [-0.05, 0) is 48.8 Å². The van der Waals surface area contributed by atoms with E-state index in [2.05, 4.69) is 34.4 Å². The molecule has 0 saturated heterocycles. The third-order valence-corrected chi connectivity index (χ3v) is 3.94. The van der Waals surface area contributed by atoms with E-state index in [1.165, 1.54) is 0 Å². The minimum Gasteiger partial charge on any atom is -0.410 e. The van der Waals surface area contributed by atoms with E-state index in [1.54, 1.807) is 0 Å². The van der Waals surface area contributed by atoms with Crippen LogP contribution in [-0.4, -0.2) is 15.9 Å². The third kappa shape index (κ3) is 4.01. The molecule has 0 aliphatic carbocycles. The van der Waals surface area contributed by atoms with Gasteiger partial charge in [-0.1, -0.05) is 65.8 Å². The molecule has 0 unspecified atom stereocenters. The zero-order chi connectivity index (χ0) is 17.6. The molecular weight excluding hydrogens is 308 g/mol. The predicted molar refractivity (Wildman–Crippen MR) is 102 cm³/mol. The maximum atomic E-state index is 9.63. The second kappa shape index (κ2) is 7.58. The lowest BCUT2D eigenvalue weighted by Gasteiger charge is -2.10. The Kier molecular flexibility index (Phi) is 5.05. The molecule has 0 aliphatic rings. The average molecular weight is 328 g/mol. The quantitative estimate of drug-likeness (QED) is 0.416. The van der Waals surface area contributed by atoms with E-state index >= 15 is 0 Å². The van der Waals surface area contributed by atoms with Crippen molar-refractivity contribution in [3.8, 4) is 0 Å². The van der Waals surface area contributed by atoms with Crippen molar-refractivity contribution in [1.29, 1.82) is 0 Å². The van der Waals surface area contributed by atoms with Gasteiger partial charge in [-0.15, -0.1) is 0 Å². The van der Waals surface area contributed by atoms with E-state index in [0.29, 0.717) is 5.71 Å². The first-order valence-corrected chi connectivity index (χ1v) is 8.17. The summed E-state index contributed by atoms with van der Waals surface area (Å²) in [6, 6.07) is 24.0. The van der Waals surface area contributed by atoms with E-state index in [4.69, 9.17) is 0 Å². The first-order chi connectivity index (χ1) is 12.2. The second-order valence-electron chi connectivity index (χ2n) is 5.91. The van der Waals surface area contributed by atoms with Crippen LogP contribution in [0.1, 0.15) is 28.1 Å². The third-order valence-electron chi connectivity index (χ3n) is 3.94. The summed E-state index contributed by atoms with van der Waals surface area (Å²) in [5.41, 5.74) is 6.28. The number of hydrogen-bond donors (Lipinski definition) is 1. The summed E-state index contributed by atoms with van der Waals surface area (Å²) < 4.78 is 0. The molecule has 0 spiro atoms. The summed E-state index contributed by atoms with van der Waals surface area (Å²) in [7, 11) is 0. The molecule has 0 saturated carbocycles. The molecule has 1 N–H and O–H groups in total. The summed E-state index contributed by atoms with van der Waals surface area (Å²) in [5.74, 6) is 0. The molecule has 1 aromatic heterocycles. The number of pyridine rings is 1. The molecule has 0 aliphatic heterocycles. The van der Waals surface area contributed by atoms with Crippen molar-refractivity contribution in [2.75, 3.05) is 0 Å². The van der Waals surface area contributed by atoms with E-state index in [9.17, 15) is 5.21 Å². The number of aromatic nitrogens is 1. The zero-order valence-electron chi connectivity index (χ0n) is 14.3. The monoisotopic (exact) mass is 328 g/mol. The van der Waals surface area contributed by atoms with Gasteiger partial charge in [0.1, 0.15) is 5.71 Å². The molecule has 0 radical (unpaired) electrons. The van der Waals surface area contributed by atoms with Crippen molar-refractivity contribution in [1.82, 2.24) is 4.98 Å². The Morgan fingerprint density at radius 1 is 0.800 bits per heavy atom. The van der Waals surface area contributed by atoms with Crippen molar-refractivity contribution in [2.24, 2.45) is 5.16 Å². The fourth-order valence-electron chi connectivity index (χ4n) is 2.86. The van der Waals surface area contributed by atoms with Gasteiger partial charge >= 0.3 is 0 Å². The van der Waals surface area contributed by atoms with Crippen molar-refractivity contribution in [3.05, 3.63) is 107 Å². The summed E-state index contributed by atoms with van der Waals surface area (Å²) in [4.78, 5) is 4.39. The topological polar surface area (TPSA) is 45.5 Å². The number of oxime groups is 1. The van der Waals surface area contributed by atoms with Gasteiger partial charge in [0.15, 0.2) is 0 Å². The van der Waals surface area contributed by atoms with Gasteiger partial charge in [0.05, 0.1) is 0 Å². The van der Waals surface area contributed by atoms with Crippen LogP contribution in [0.3, 0.4) is 0 Å². The highest BCUT2D eigenvalue weighted by atomic mass is 16.4. The van der Waals surface area contributed by atoms with E-state index in [0.717, 1.165) is 33.7 Å². The van der Waals surface area contributed by atoms with E-state index < -0.39 is 0 Å². The molecule has 0 amide bonds. The highest BCUT2D eigenvalue weighted by Gasteiger charge is 2.10. The molecular formula is C22H20N2O. The molecule has 25 heavy (non-hydrogen) atoms. The predicted octanol–water partition coefficient (Wildman–Crippen LogP) is 5.01. The fraction of sp³-hybridized carbons (Fsp3) is 0.0909. The zero-order valence-corrected chi connectivity index (χ0v) is 14.3. The minimum absolute atomic E-state index is 0.510. The number of hydrogen-bond acceptors (Lipinski definition) is 3. The average Bonchev–Trinajstić information content (AvgIpc) is 2.63. The van der Waals surface area contributed by atoms with Crippen molar-refractivity contribution in [3.63, 3.8) is 0 Å². The van der Waals surface area contributed by atoms with Crippen LogP contribution in [0.2, 0.25) is 0 Å². The number of aryl methyl sites for hydroxylation is 2. The van der Waals surface area contributed by atoms with Gasteiger partial charge in [-0.2, -0.15) is 0 Å². The van der Waals surface area contributed by atoms with Gasteiger partial charge in [-0.3, -0.25) is 4.98 Å². The molecule has 3 rings (SSSR count). The van der Waals surface area contributed by atoms with Crippen LogP contribution in [0.25, 0.3) is 5.57 Å². The van der Waals surface area contributed by atoms with Crippen molar-refractivity contribution >= 4 is 11.3 Å². The van der Waals surface area contributed by atoms with Crippen molar-refractivity contribution < 1.29 is 5.21 Å². The smallest absolute Gasteiger partial charge is 0.110 e. The standard InChI is InChI=1S/C22H20N2O/c1-16-13-20(14-17(2)23-16)22(24-25)15-21(18-9-5-3-6-10-18)19-11-7-4-8-12-19/h3-15,25H,1-2H3. The van der Waals surface area contributed by atoms with Crippen LogP contribution >= 0.6 is 0 Å². The van der Waals surface area contributed by atoms with Gasteiger partial charge in [0.2, 0.25) is 0 Å². The lowest BCUT2D eigenvalue weighted by atomic mass is 9.95. The molecule has 1 heterocycles. The summed E-state index contributed by atoms with van der Waals surface area (Å²) in [6.45, 7) is 3.87. The Morgan fingerprint density at radius 2 is 1.28 bits per heavy atom.